The number of imide groups is 2. The molecule has 0 spiro atoms. The highest BCUT2D eigenvalue weighted by molar-refractivity contribution is 6.46. The van der Waals surface area contributed by atoms with Gasteiger partial charge in [-0.1, -0.05) is 48.5 Å². The Kier molecular flexibility index (Phi) is 5.62. The molecule has 0 atom stereocenters. The zero-order valence-electron chi connectivity index (χ0n) is 19.1. The SMILES string of the molecule is Cc1cccc(N2C(=O)/C(=C\c3ccc([N+](=O)[O-])cc3)C(=O)N(c3cccc4ccccc34)C2=O)c1. The summed E-state index contributed by atoms with van der Waals surface area (Å²) in [4.78, 5) is 53.4. The van der Waals surface area contributed by atoms with Gasteiger partial charge in [0.25, 0.3) is 17.5 Å². The Bertz CT molecular complexity index is 1590. The van der Waals surface area contributed by atoms with E-state index in [4.69, 9.17) is 0 Å². The van der Waals surface area contributed by atoms with E-state index in [0.717, 1.165) is 20.7 Å². The summed E-state index contributed by atoms with van der Waals surface area (Å²) >= 11 is 0. The van der Waals surface area contributed by atoms with Crippen LogP contribution in [0.3, 0.4) is 0 Å². The molecule has 0 unspecified atom stereocenters. The average molecular weight is 477 g/mol. The van der Waals surface area contributed by atoms with Crippen molar-refractivity contribution in [3.63, 3.8) is 0 Å². The van der Waals surface area contributed by atoms with Crippen molar-refractivity contribution in [2.24, 2.45) is 0 Å². The van der Waals surface area contributed by atoms with Gasteiger partial charge in [-0.05, 0) is 59.8 Å². The molecule has 0 N–H and O–H groups in total. The van der Waals surface area contributed by atoms with E-state index in [1.165, 1.54) is 30.3 Å². The third-order valence-corrected chi connectivity index (χ3v) is 5.93. The molecule has 4 amide bonds. The fourth-order valence-corrected chi connectivity index (χ4v) is 4.20. The predicted octanol–water partition coefficient (Wildman–Crippen LogP) is 5.64. The number of nitro benzene ring substituents is 1. The molecule has 1 heterocycles. The summed E-state index contributed by atoms with van der Waals surface area (Å²) in [7, 11) is 0. The van der Waals surface area contributed by atoms with Gasteiger partial charge in [-0.3, -0.25) is 19.7 Å². The molecule has 1 saturated heterocycles. The number of nitrogens with zero attached hydrogens (tertiary/aromatic N) is 3. The molecule has 5 rings (SSSR count). The van der Waals surface area contributed by atoms with Crippen molar-refractivity contribution in [2.45, 2.75) is 6.92 Å². The summed E-state index contributed by atoms with van der Waals surface area (Å²) in [5.41, 5.74) is 1.57. The van der Waals surface area contributed by atoms with Gasteiger partial charge in [-0.15, -0.1) is 0 Å². The number of barbiturate groups is 1. The maximum Gasteiger partial charge on any atom is 0.343 e. The van der Waals surface area contributed by atoms with Crippen LogP contribution in [0.2, 0.25) is 0 Å². The molecular formula is C28H19N3O5. The first-order valence-electron chi connectivity index (χ1n) is 11.1. The van der Waals surface area contributed by atoms with Crippen molar-refractivity contribution in [3.8, 4) is 0 Å². The normalized spacial score (nSPS) is 15.1. The maximum atomic E-state index is 13.7. The Morgan fingerprint density at radius 2 is 1.44 bits per heavy atom. The number of amides is 4. The van der Waals surface area contributed by atoms with Crippen LogP contribution >= 0.6 is 0 Å². The molecular weight excluding hydrogens is 458 g/mol. The number of carbonyl (C=O) groups is 3. The quantitative estimate of drug-likeness (QED) is 0.164. The minimum Gasteiger partial charge on any atom is -0.268 e. The topological polar surface area (TPSA) is 101 Å². The lowest BCUT2D eigenvalue weighted by Gasteiger charge is -2.34. The number of hydrogen-bond acceptors (Lipinski definition) is 5. The summed E-state index contributed by atoms with van der Waals surface area (Å²) in [6, 6.07) is 24.2. The lowest BCUT2D eigenvalue weighted by Crippen LogP contribution is -2.57. The standard InChI is InChI=1S/C28H19N3O5/c1-18-6-4-9-22(16-18)29-26(32)24(17-19-12-14-21(15-13-19)31(35)36)27(33)30(28(29)34)25-11-5-8-20-7-2-3-10-23(20)25/h2-17H,1H3/b24-17+. The lowest BCUT2D eigenvalue weighted by atomic mass is 10.0. The Morgan fingerprint density at radius 3 is 2.17 bits per heavy atom. The van der Waals surface area contributed by atoms with E-state index in [-0.39, 0.29) is 11.3 Å². The minimum atomic E-state index is -0.784. The fraction of sp³-hybridized carbons (Fsp3) is 0.0357. The van der Waals surface area contributed by atoms with E-state index in [9.17, 15) is 24.5 Å². The summed E-state index contributed by atoms with van der Waals surface area (Å²) < 4.78 is 0. The molecule has 8 heteroatoms. The van der Waals surface area contributed by atoms with Gasteiger partial charge in [0.1, 0.15) is 5.57 Å². The van der Waals surface area contributed by atoms with E-state index >= 15 is 0 Å². The van der Waals surface area contributed by atoms with Crippen LogP contribution in [0.4, 0.5) is 21.9 Å². The number of urea groups is 1. The summed E-state index contributed by atoms with van der Waals surface area (Å²) in [5.74, 6) is -1.55. The van der Waals surface area contributed by atoms with Crippen molar-refractivity contribution >= 4 is 51.8 Å². The molecule has 36 heavy (non-hydrogen) atoms. The highest BCUT2D eigenvalue weighted by Crippen LogP contribution is 2.34. The van der Waals surface area contributed by atoms with Gasteiger partial charge in [-0.25, -0.2) is 14.6 Å². The van der Waals surface area contributed by atoms with Gasteiger partial charge in [0.2, 0.25) is 0 Å². The molecule has 4 aromatic carbocycles. The Hall–Kier alpha value is -5.11. The number of anilines is 2. The molecule has 1 aliphatic rings. The minimum absolute atomic E-state index is 0.118. The number of nitro groups is 1. The number of rotatable bonds is 4. The monoisotopic (exact) mass is 477 g/mol. The van der Waals surface area contributed by atoms with Crippen LogP contribution in [0.5, 0.6) is 0 Å². The third kappa shape index (κ3) is 3.90. The molecule has 0 aromatic heterocycles. The number of benzene rings is 4. The van der Waals surface area contributed by atoms with E-state index < -0.39 is 22.8 Å². The van der Waals surface area contributed by atoms with Crippen LogP contribution in [-0.4, -0.2) is 22.8 Å². The van der Waals surface area contributed by atoms with E-state index in [1.54, 1.807) is 36.4 Å². The number of hydrogen-bond donors (Lipinski definition) is 0. The highest BCUT2D eigenvalue weighted by atomic mass is 16.6. The Labute approximate surface area is 205 Å². The molecule has 1 fully saturated rings. The van der Waals surface area contributed by atoms with Crippen molar-refractivity contribution in [1.82, 2.24) is 0 Å². The van der Waals surface area contributed by atoms with Gasteiger partial charge in [-0.2, -0.15) is 0 Å². The summed E-state index contributed by atoms with van der Waals surface area (Å²) in [5, 5.41) is 12.5. The van der Waals surface area contributed by atoms with E-state index in [2.05, 4.69) is 0 Å². The van der Waals surface area contributed by atoms with Crippen LogP contribution < -0.4 is 9.80 Å². The third-order valence-electron chi connectivity index (χ3n) is 5.93. The molecule has 0 saturated carbocycles. The molecule has 176 valence electrons. The smallest absolute Gasteiger partial charge is 0.268 e. The fourth-order valence-electron chi connectivity index (χ4n) is 4.20. The zero-order chi connectivity index (χ0) is 25.4. The Balaban J connectivity index is 1.69. The largest absolute Gasteiger partial charge is 0.343 e. The molecule has 0 radical (unpaired) electrons. The van der Waals surface area contributed by atoms with E-state index in [1.807, 2.05) is 37.3 Å². The van der Waals surface area contributed by atoms with Crippen LogP contribution in [0.15, 0.2) is 96.6 Å². The van der Waals surface area contributed by atoms with Crippen LogP contribution in [0, 0.1) is 17.0 Å². The summed E-state index contributed by atoms with van der Waals surface area (Å²) in [6.07, 6.45) is 1.35. The summed E-state index contributed by atoms with van der Waals surface area (Å²) in [6.45, 7) is 1.84. The van der Waals surface area contributed by atoms with Crippen molar-refractivity contribution < 1.29 is 19.3 Å². The predicted molar refractivity (Wildman–Crippen MR) is 137 cm³/mol. The second-order valence-electron chi connectivity index (χ2n) is 8.31. The van der Waals surface area contributed by atoms with Crippen molar-refractivity contribution in [1.29, 1.82) is 0 Å². The number of carbonyl (C=O) groups excluding carboxylic acids is 3. The second-order valence-corrected chi connectivity index (χ2v) is 8.31. The molecule has 8 nitrogen and oxygen atoms in total. The zero-order valence-corrected chi connectivity index (χ0v) is 19.1. The van der Waals surface area contributed by atoms with Gasteiger partial charge in [0.15, 0.2) is 0 Å². The maximum absolute atomic E-state index is 13.7. The van der Waals surface area contributed by atoms with Crippen molar-refractivity contribution in [3.05, 3.63) is 118 Å². The molecule has 1 aliphatic heterocycles. The van der Waals surface area contributed by atoms with Crippen LogP contribution in [0.25, 0.3) is 16.8 Å². The molecule has 0 bridgehead atoms. The molecule has 4 aromatic rings. The lowest BCUT2D eigenvalue weighted by molar-refractivity contribution is -0.384. The number of fused-ring (bicyclic) bond motifs is 1. The van der Waals surface area contributed by atoms with Crippen LogP contribution in [0.1, 0.15) is 11.1 Å². The highest BCUT2D eigenvalue weighted by Gasteiger charge is 2.44. The van der Waals surface area contributed by atoms with Gasteiger partial charge in [0.05, 0.1) is 16.3 Å². The number of non-ortho nitro benzene ring substituents is 1. The van der Waals surface area contributed by atoms with Gasteiger partial charge >= 0.3 is 6.03 Å². The van der Waals surface area contributed by atoms with Crippen molar-refractivity contribution in [2.75, 3.05) is 9.80 Å². The first-order valence-corrected chi connectivity index (χ1v) is 11.1. The molecule has 0 aliphatic carbocycles. The van der Waals surface area contributed by atoms with Gasteiger partial charge in [0, 0.05) is 17.5 Å². The Morgan fingerprint density at radius 1 is 0.778 bits per heavy atom. The average Bonchev–Trinajstić information content (AvgIpc) is 2.87. The van der Waals surface area contributed by atoms with Crippen LogP contribution in [-0.2, 0) is 9.59 Å². The first-order chi connectivity index (χ1) is 17.3. The van der Waals surface area contributed by atoms with Gasteiger partial charge < -0.3 is 0 Å². The van der Waals surface area contributed by atoms with E-state index in [0.29, 0.717) is 22.3 Å². The first kappa shape index (κ1) is 22.7. The second kappa shape index (κ2) is 8.92. The number of aryl methyl sites for hydroxylation is 1.